The molecule has 0 aromatic rings. The van der Waals surface area contributed by atoms with E-state index in [0.29, 0.717) is 0 Å². The fraction of sp³-hybridized carbons (Fsp3) is 0.833. The van der Waals surface area contributed by atoms with E-state index >= 15 is 0 Å². The van der Waals surface area contributed by atoms with Crippen LogP contribution in [-0.2, 0) is 0 Å². The van der Waals surface area contributed by atoms with Crippen molar-refractivity contribution < 1.29 is 5.11 Å². The van der Waals surface area contributed by atoms with Gasteiger partial charge >= 0.3 is 0 Å². The SMILES string of the molecule is C=CCC(O)CC.CC1CCCSC1. The molecule has 1 fully saturated rings. The summed E-state index contributed by atoms with van der Waals surface area (Å²) < 4.78 is 0. The first-order chi connectivity index (χ1) is 6.70. The summed E-state index contributed by atoms with van der Waals surface area (Å²) in [6, 6.07) is 0. The zero-order valence-electron chi connectivity index (χ0n) is 9.54. The fourth-order valence-electron chi connectivity index (χ4n) is 1.26. The number of hydrogen-bond donors (Lipinski definition) is 1. The average Bonchev–Trinajstić information content (AvgIpc) is 2.20. The van der Waals surface area contributed by atoms with E-state index in [1.807, 2.05) is 6.92 Å². The number of hydrogen-bond acceptors (Lipinski definition) is 2. The molecule has 0 spiro atoms. The van der Waals surface area contributed by atoms with Crippen LogP contribution in [-0.4, -0.2) is 22.7 Å². The highest BCUT2D eigenvalue weighted by Crippen LogP contribution is 2.21. The monoisotopic (exact) mass is 216 g/mol. The van der Waals surface area contributed by atoms with E-state index in [0.717, 1.165) is 18.8 Å². The lowest BCUT2D eigenvalue weighted by Gasteiger charge is -2.15. The summed E-state index contributed by atoms with van der Waals surface area (Å²) in [6.45, 7) is 7.78. The molecule has 0 aromatic carbocycles. The standard InChI is InChI=1S/C6H12O.C6H12S/c1-3-5-6(7)4-2;1-6-3-2-4-7-5-6/h3,6-7H,1,4-5H2,2H3;6H,2-5H2,1H3. The molecule has 0 aromatic heterocycles. The molecule has 0 radical (unpaired) electrons. The van der Waals surface area contributed by atoms with Crippen molar-refractivity contribution in [2.45, 2.75) is 45.6 Å². The first kappa shape index (κ1) is 14.1. The van der Waals surface area contributed by atoms with E-state index in [4.69, 9.17) is 5.11 Å². The largest absolute Gasteiger partial charge is 0.393 e. The quantitative estimate of drug-likeness (QED) is 0.729. The van der Waals surface area contributed by atoms with Crippen molar-refractivity contribution in [3.05, 3.63) is 12.7 Å². The van der Waals surface area contributed by atoms with Crippen molar-refractivity contribution in [2.24, 2.45) is 5.92 Å². The molecular weight excluding hydrogens is 192 g/mol. The van der Waals surface area contributed by atoms with Gasteiger partial charge in [0.2, 0.25) is 0 Å². The first-order valence-corrected chi connectivity index (χ1v) is 6.72. The van der Waals surface area contributed by atoms with Gasteiger partial charge in [0.15, 0.2) is 0 Å². The molecule has 1 nitrogen and oxygen atoms in total. The van der Waals surface area contributed by atoms with Gasteiger partial charge in [0.05, 0.1) is 6.10 Å². The van der Waals surface area contributed by atoms with Gasteiger partial charge in [-0.3, -0.25) is 0 Å². The maximum Gasteiger partial charge on any atom is 0.0571 e. The summed E-state index contributed by atoms with van der Waals surface area (Å²) in [5.74, 6) is 3.81. The van der Waals surface area contributed by atoms with E-state index in [2.05, 4.69) is 25.3 Å². The Kier molecular flexibility index (Phi) is 9.63. The van der Waals surface area contributed by atoms with Crippen molar-refractivity contribution >= 4 is 11.8 Å². The van der Waals surface area contributed by atoms with Crippen LogP contribution in [0, 0.1) is 5.92 Å². The molecule has 2 heteroatoms. The summed E-state index contributed by atoms with van der Waals surface area (Å²) in [7, 11) is 0. The minimum absolute atomic E-state index is 0.169. The normalized spacial score (nSPS) is 23.2. The lowest BCUT2D eigenvalue weighted by molar-refractivity contribution is 0.174. The van der Waals surface area contributed by atoms with Crippen molar-refractivity contribution in [1.82, 2.24) is 0 Å². The minimum Gasteiger partial charge on any atom is -0.393 e. The third-order valence-corrected chi connectivity index (χ3v) is 3.68. The topological polar surface area (TPSA) is 20.2 Å². The van der Waals surface area contributed by atoms with Gasteiger partial charge in [0.25, 0.3) is 0 Å². The average molecular weight is 216 g/mol. The van der Waals surface area contributed by atoms with Gasteiger partial charge in [-0.15, -0.1) is 6.58 Å². The zero-order chi connectivity index (χ0) is 10.8. The van der Waals surface area contributed by atoms with Crippen LogP contribution < -0.4 is 0 Å². The smallest absolute Gasteiger partial charge is 0.0571 e. The van der Waals surface area contributed by atoms with E-state index < -0.39 is 0 Å². The third kappa shape index (κ3) is 8.64. The van der Waals surface area contributed by atoms with Gasteiger partial charge in [0, 0.05) is 0 Å². The van der Waals surface area contributed by atoms with E-state index in [1.54, 1.807) is 6.08 Å². The highest BCUT2D eigenvalue weighted by molar-refractivity contribution is 7.99. The van der Waals surface area contributed by atoms with Gasteiger partial charge in [-0.25, -0.2) is 0 Å². The summed E-state index contributed by atoms with van der Waals surface area (Å²) in [6.07, 6.45) is 6.02. The van der Waals surface area contributed by atoms with E-state index in [-0.39, 0.29) is 6.10 Å². The predicted octanol–water partition coefficient (Wildman–Crippen LogP) is 3.48. The Balaban J connectivity index is 0.000000241. The first-order valence-electron chi connectivity index (χ1n) is 5.57. The Morgan fingerprint density at radius 3 is 2.57 bits per heavy atom. The summed E-state index contributed by atoms with van der Waals surface area (Å²) in [4.78, 5) is 0. The molecule has 1 N–H and O–H groups in total. The number of aliphatic hydroxyl groups is 1. The molecule has 1 aliphatic rings. The van der Waals surface area contributed by atoms with Crippen LogP contribution >= 0.6 is 11.8 Å². The Bertz CT molecular complexity index is 130. The van der Waals surface area contributed by atoms with Gasteiger partial charge in [-0.1, -0.05) is 19.9 Å². The Morgan fingerprint density at radius 2 is 2.36 bits per heavy atom. The molecule has 1 heterocycles. The van der Waals surface area contributed by atoms with E-state index in [1.165, 1.54) is 24.3 Å². The molecule has 0 amide bonds. The lowest BCUT2D eigenvalue weighted by atomic mass is 10.1. The Hall–Kier alpha value is 0.0500. The Labute approximate surface area is 93.0 Å². The maximum absolute atomic E-state index is 8.79. The summed E-state index contributed by atoms with van der Waals surface area (Å²) >= 11 is 2.10. The molecule has 0 aliphatic carbocycles. The number of thioether (sulfide) groups is 1. The molecule has 1 rings (SSSR count). The third-order valence-electron chi connectivity index (χ3n) is 2.30. The van der Waals surface area contributed by atoms with Gasteiger partial charge in [-0.05, 0) is 43.1 Å². The fourth-order valence-corrected chi connectivity index (χ4v) is 2.37. The molecule has 2 unspecified atom stereocenters. The second-order valence-electron chi connectivity index (χ2n) is 3.91. The van der Waals surface area contributed by atoms with Crippen molar-refractivity contribution in [3.63, 3.8) is 0 Å². The van der Waals surface area contributed by atoms with Crippen molar-refractivity contribution in [3.8, 4) is 0 Å². The molecule has 84 valence electrons. The van der Waals surface area contributed by atoms with Crippen LogP contribution in [0.2, 0.25) is 0 Å². The van der Waals surface area contributed by atoms with Crippen LogP contribution in [0.15, 0.2) is 12.7 Å². The molecule has 1 saturated heterocycles. The lowest BCUT2D eigenvalue weighted by Crippen LogP contribution is -2.04. The summed E-state index contributed by atoms with van der Waals surface area (Å²) in [5, 5.41) is 8.79. The zero-order valence-corrected chi connectivity index (χ0v) is 10.4. The second-order valence-corrected chi connectivity index (χ2v) is 5.06. The summed E-state index contributed by atoms with van der Waals surface area (Å²) in [5.41, 5.74) is 0. The van der Waals surface area contributed by atoms with Crippen LogP contribution in [0.3, 0.4) is 0 Å². The van der Waals surface area contributed by atoms with Crippen LogP contribution in [0.1, 0.15) is 39.5 Å². The molecular formula is C12H24OS. The van der Waals surface area contributed by atoms with Crippen LogP contribution in [0.5, 0.6) is 0 Å². The molecule has 14 heavy (non-hydrogen) atoms. The number of aliphatic hydroxyl groups excluding tert-OH is 1. The maximum atomic E-state index is 8.79. The van der Waals surface area contributed by atoms with Gasteiger partial charge in [0.1, 0.15) is 0 Å². The van der Waals surface area contributed by atoms with Crippen LogP contribution in [0.25, 0.3) is 0 Å². The predicted molar refractivity (Wildman–Crippen MR) is 66.8 cm³/mol. The number of rotatable bonds is 3. The van der Waals surface area contributed by atoms with Gasteiger partial charge in [-0.2, -0.15) is 11.8 Å². The highest BCUT2D eigenvalue weighted by atomic mass is 32.2. The molecule has 1 aliphatic heterocycles. The minimum atomic E-state index is -0.169. The molecule has 0 saturated carbocycles. The highest BCUT2D eigenvalue weighted by Gasteiger charge is 2.06. The van der Waals surface area contributed by atoms with Crippen LogP contribution in [0.4, 0.5) is 0 Å². The molecule has 2 atom stereocenters. The second kappa shape index (κ2) is 9.60. The van der Waals surface area contributed by atoms with Crippen molar-refractivity contribution in [2.75, 3.05) is 11.5 Å². The van der Waals surface area contributed by atoms with Gasteiger partial charge < -0.3 is 5.11 Å². The van der Waals surface area contributed by atoms with Crippen molar-refractivity contribution in [1.29, 1.82) is 0 Å². The molecule has 0 bridgehead atoms. The van der Waals surface area contributed by atoms with E-state index in [9.17, 15) is 0 Å². The Morgan fingerprint density at radius 1 is 1.64 bits per heavy atom.